The number of nitrogens with zero attached hydrogens (tertiary/aromatic N) is 3. The molecule has 0 aliphatic carbocycles. The van der Waals surface area contributed by atoms with Crippen molar-refractivity contribution in [3.8, 4) is 0 Å². The van der Waals surface area contributed by atoms with Gasteiger partial charge in [0.1, 0.15) is 0 Å². The molecule has 1 saturated heterocycles. The number of hydrogen-bond acceptors (Lipinski definition) is 4. The van der Waals surface area contributed by atoms with E-state index >= 15 is 0 Å². The Labute approximate surface area is 146 Å². The van der Waals surface area contributed by atoms with E-state index < -0.39 is 10.0 Å². The van der Waals surface area contributed by atoms with Crippen molar-refractivity contribution < 1.29 is 13.2 Å². The van der Waals surface area contributed by atoms with Gasteiger partial charge in [0.25, 0.3) is 5.91 Å². The third kappa shape index (κ3) is 4.12. The van der Waals surface area contributed by atoms with E-state index in [1.165, 1.54) is 20.2 Å². The Kier molecular flexibility index (Phi) is 5.83. The summed E-state index contributed by atoms with van der Waals surface area (Å²) < 4.78 is 26.3. The molecule has 0 aromatic heterocycles. The topological polar surface area (TPSA) is 60.9 Å². The van der Waals surface area contributed by atoms with Crippen LogP contribution in [0.1, 0.15) is 16.8 Å². The minimum absolute atomic E-state index is 0.111. The molecule has 1 aliphatic heterocycles. The number of sulfonamides is 1. The fourth-order valence-corrected chi connectivity index (χ4v) is 4.31. The van der Waals surface area contributed by atoms with Gasteiger partial charge in [0, 0.05) is 43.8 Å². The number of benzene rings is 1. The van der Waals surface area contributed by atoms with Crippen molar-refractivity contribution in [2.45, 2.75) is 11.3 Å². The highest BCUT2D eigenvalue weighted by molar-refractivity contribution is 9.10. The van der Waals surface area contributed by atoms with Gasteiger partial charge in [0.05, 0.1) is 4.90 Å². The fourth-order valence-electron chi connectivity index (χ4n) is 2.46. The highest BCUT2D eigenvalue weighted by Crippen LogP contribution is 2.26. The molecule has 0 radical (unpaired) electrons. The van der Waals surface area contributed by atoms with Gasteiger partial charge < -0.3 is 9.80 Å². The van der Waals surface area contributed by atoms with Crippen LogP contribution in [-0.4, -0.2) is 75.8 Å². The van der Waals surface area contributed by atoms with E-state index in [2.05, 4.69) is 20.8 Å². The number of carbonyl (C=O) groups excluding carboxylic acids is 1. The van der Waals surface area contributed by atoms with E-state index in [1.807, 2.05) is 7.05 Å². The van der Waals surface area contributed by atoms with Crippen LogP contribution in [0.25, 0.3) is 0 Å². The first kappa shape index (κ1) is 18.4. The van der Waals surface area contributed by atoms with E-state index in [-0.39, 0.29) is 10.8 Å². The maximum absolute atomic E-state index is 12.7. The summed E-state index contributed by atoms with van der Waals surface area (Å²) in [5, 5.41) is 0. The number of likely N-dealkylation sites (N-methyl/N-ethyl adjacent to an activating group) is 1. The first-order valence-corrected chi connectivity index (χ1v) is 9.66. The van der Waals surface area contributed by atoms with Crippen LogP contribution in [0.5, 0.6) is 0 Å². The number of carbonyl (C=O) groups is 1. The summed E-state index contributed by atoms with van der Waals surface area (Å²) in [6.45, 7) is 3.13. The van der Waals surface area contributed by atoms with Gasteiger partial charge >= 0.3 is 0 Å². The molecule has 0 saturated carbocycles. The molecule has 6 nitrogen and oxygen atoms in total. The van der Waals surface area contributed by atoms with Crippen LogP contribution in [0.2, 0.25) is 0 Å². The summed E-state index contributed by atoms with van der Waals surface area (Å²) in [6, 6.07) is 4.74. The van der Waals surface area contributed by atoms with Crippen LogP contribution >= 0.6 is 15.9 Å². The predicted molar refractivity (Wildman–Crippen MR) is 93.0 cm³/mol. The first-order chi connectivity index (χ1) is 10.7. The molecule has 1 aromatic carbocycles. The van der Waals surface area contributed by atoms with Crippen LogP contribution in [0.3, 0.4) is 0 Å². The smallest absolute Gasteiger partial charge is 0.253 e. The van der Waals surface area contributed by atoms with E-state index in [0.29, 0.717) is 23.1 Å². The lowest BCUT2D eigenvalue weighted by Gasteiger charge is -2.21. The molecule has 0 bridgehead atoms. The standard InChI is InChI=1S/C15H22BrN3O3S/c1-17(2)23(21,22)14-11-12(5-6-13(14)16)15(20)19-8-4-7-18(3)9-10-19/h5-6,11H,4,7-10H2,1-3H3. The van der Waals surface area contributed by atoms with E-state index in [9.17, 15) is 13.2 Å². The predicted octanol–water partition coefficient (Wildman–Crippen LogP) is 1.48. The Bertz CT molecular complexity index is 691. The molecular weight excluding hydrogens is 382 g/mol. The lowest BCUT2D eigenvalue weighted by molar-refractivity contribution is 0.0762. The van der Waals surface area contributed by atoms with Gasteiger partial charge in [-0.2, -0.15) is 0 Å². The van der Waals surface area contributed by atoms with E-state index in [0.717, 1.165) is 23.8 Å². The maximum atomic E-state index is 12.7. The Hall–Kier alpha value is -0.960. The zero-order valence-corrected chi connectivity index (χ0v) is 16.0. The Morgan fingerprint density at radius 1 is 1.17 bits per heavy atom. The van der Waals surface area contributed by atoms with Crippen LogP contribution in [0.15, 0.2) is 27.6 Å². The highest BCUT2D eigenvalue weighted by atomic mass is 79.9. The summed E-state index contributed by atoms with van der Waals surface area (Å²) in [5.41, 5.74) is 0.401. The second kappa shape index (κ2) is 7.29. The van der Waals surface area contributed by atoms with Gasteiger partial charge in [-0.05, 0) is 54.1 Å². The third-order valence-electron chi connectivity index (χ3n) is 3.94. The molecule has 0 unspecified atom stereocenters. The molecule has 1 aromatic rings. The third-order valence-corrected chi connectivity index (χ3v) is 6.75. The average Bonchev–Trinajstić information content (AvgIpc) is 2.71. The quantitative estimate of drug-likeness (QED) is 0.766. The maximum Gasteiger partial charge on any atom is 0.253 e. The first-order valence-electron chi connectivity index (χ1n) is 7.43. The van der Waals surface area contributed by atoms with Gasteiger partial charge in [0.2, 0.25) is 10.0 Å². The van der Waals surface area contributed by atoms with Gasteiger partial charge in [-0.15, -0.1) is 0 Å². The summed E-state index contributed by atoms with van der Waals surface area (Å²) in [4.78, 5) is 16.8. The van der Waals surface area contributed by atoms with Crippen LogP contribution in [0, 0.1) is 0 Å². The second-order valence-electron chi connectivity index (χ2n) is 5.88. The molecule has 23 heavy (non-hydrogen) atoms. The minimum atomic E-state index is -3.60. The largest absolute Gasteiger partial charge is 0.337 e. The van der Waals surface area contributed by atoms with Gasteiger partial charge in [0.15, 0.2) is 0 Å². The zero-order valence-electron chi connectivity index (χ0n) is 13.6. The molecule has 0 N–H and O–H groups in total. The summed E-state index contributed by atoms with van der Waals surface area (Å²) in [5.74, 6) is -0.122. The number of hydrogen-bond donors (Lipinski definition) is 0. The summed E-state index contributed by atoms with van der Waals surface area (Å²) >= 11 is 3.26. The molecule has 0 spiro atoms. The Morgan fingerprint density at radius 2 is 1.87 bits per heavy atom. The van der Waals surface area contributed by atoms with E-state index in [1.54, 1.807) is 17.0 Å². The molecule has 1 amide bonds. The van der Waals surface area contributed by atoms with E-state index in [4.69, 9.17) is 0 Å². The minimum Gasteiger partial charge on any atom is -0.337 e. The molecule has 2 rings (SSSR count). The SMILES string of the molecule is CN1CCCN(C(=O)c2ccc(Br)c(S(=O)(=O)N(C)C)c2)CC1. The molecule has 8 heteroatoms. The lowest BCUT2D eigenvalue weighted by Crippen LogP contribution is -2.34. The highest BCUT2D eigenvalue weighted by Gasteiger charge is 2.24. The van der Waals surface area contributed by atoms with Crippen molar-refractivity contribution in [3.63, 3.8) is 0 Å². The monoisotopic (exact) mass is 403 g/mol. The van der Waals surface area contributed by atoms with Gasteiger partial charge in [-0.1, -0.05) is 0 Å². The number of rotatable bonds is 3. The van der Waals surface area contributed by atoms with Crippen molar-refractivity contribution in [1.29, 1.82) is 0 Å². The molecule has 128 valence electrons. The second-order valence-corrected chi connectivity index (χ2v) is 8.86. The fraction of sp³-hybridized carbons (Fsp3) is 0.533. The van der Waals surface area contributed by atoms with Crippen molar-refractivity contribution in [1.82, 2.24) is 14.1 Å². The molecule has 1 heterocycles. The summed E-state index contributed by atoms with van der Waals surface area (Å²) in [7, 11) is 1.38. The molecule has 1 fully saturated rings. The van der Waals surface area contributed by atoms with Crippen molar-refractivity contribution in [3.05, 3.63) is 28.2 Å². The van der Waals surface area contributed by atoms with Crippen LogP contribution in [0.4, 0.5) is 0 Å². The van der Waals surface area contributed by atoms with Gasteiger partial charge in [-0.25, -0.2) is 12.7 Å². The van der Waals surface area contributed by atoms with Crippen LogP contribution < -0.4 is 0 Å². The van der Waals surface area contributed by atoms with Crippen LogP contribution in [-0.2, 0) is 10.0 Å². The Balaban J connectivity index is 2.32. The Morgan fingerprint density at radius 3 is 2.52 bits per heavy atom. The normalized spacial score (nSPS) is 17.3. The van der Waals surface area contributed by atoms with Crippen molar-refractivity contribution >= 4 is 31.9 Å². The molecular formula is C15H22BrN3O3S. The zero-order chi connectivity index (χ0) is 17.2. The van der Waals surface area contributed by atoms with Crippen molar-refractivity contribution in [2.24, 2.45) is 0 Å². The number of amides is 1. The molecule has 0 atom stereocenters. The number of halogens is 1. The summed E-state index contributed by atoms with van der Waals surface area (Å²) in [6.07, 6.45) is 0.918. The van der Waals surface area contributed by atoms with Gasteiger partial charge in [-0.3, -0.25) is 4.79 Å². The lowest BCUT2D eigenvalue weighted by atomic mass is 10.2. The molecule has 1 aliphatic rings. The average molecular weight is 404 g/mol. The van der Waals surface area contributed by atoms with Crippen molar-refractivity contribution in [2.75, 3.05) is 47.3 Å².